The van der Waals surface area contributed by atoms with Crippen LogP contribution in [0.15, 0.2) is 369 Å². The summed E-state index contributed by atoms with van der Waals surface area (Å²) in [6.07, 6.45) is 5.58. The Kier molecular flexibility index (Phi) is 14.7. The molecule has 1 nitrogen and oxygen atoms in total. The van der Waals surface area contributed by atoms with Gasteiger partial charge in [0.1, 0.15) is 11.2 Å². The van der Waals surface area contributed by atoms with Crippen LogP contribution >= 0.6 is 0 Å². The van der Waals surface area contributed by atoms with Crippen molar-refractivity contribution in [2.24, 2.45) is 0 Å². The quantitative estimate of drug-likeness (QED) is 0.0840. The third-order valence-electron chi connectivity index (χ3n) is 19.3. The first-order valence-electron chi connectivity index (χ1n) is 33.1. The van der Waals surface area contributed by atoms with Gasteiger partial charge in [0.05, 0.1) is 0 Å². The highest BCUT2D eigenvalue weighted by atomic mass is 16.3. The van der Waals surface area contributed by atoms with Gasteiger partial charge in [-0.25, -0.2) is 0 Å². The van der Waals surface area contributed by atoms with Gasteiger partial charge in [-0.2, -0.15) is 0 Å². The van der Waals surface area contributed by atoms with Crippen molar-refractivity contribution < 1.29 is 4.42 Å². The molecule has 1 heterocycles. The lowest BCUT2D eigenvalue weighted by Gasteiger charge is -2.20. The summed E-state index contributed by atoms with van der Waals surface area (Å²) in [7, 11) is 0. The Morgan fingerprint density at radius 2 is 0.604 bits per heavy atom. The van der Waals surface area contributed by atoms with Gasteiger partial charge in [0.2, 0.25) is 0 Å². The maximum atomic E-state index is 6.55. The van der Waals surface area contributed by atoms with E-state index in [0.29, 0.717) is 0 Å². The number of fused-ring (bicyclic) bond motifs is 8. The van der Waals surface area contributed by atoms with Gasteiger partial charge in [0.15, 0.2) is 0 Å². The number of para-hydroxylation sites is 2. The summed E-state index contributed by atoms with van der Waals surface area (Å²) in [6, 6.07) is 124. The Morgan fingerprint density at radius 3 is 1.17 bits per heavy atom. The van der Waals surface area contributed by atoms with E-state index in [0.717, 1.165) is 27.5 Å². The minimum atomic E-state index is 0.917. The summed E-state index contributed by atoms with van der Waals surface area (Å²) in [4.78, 5) is 0. The van der Waals surface area contributed by atoms with Crippen LogP contribution in [-0.2, 0) is 0 Å². The van der Waals surface area contributed by atoms with E-state index in [2.05, 4.69) is 340 Å². The number of hydrogen-bond acceptors (Lipinski definition) is 1. The molecule has 0 radical (unpaired) electrons. The molecule has 0 amide bonds. The van der Waals surface area contributed by atoms with Crippen LogP contribution in [0.2, 0.25) is 0 Å². The van der Waals surface area contributed by atoms with E-state index in [4.69, 9.17) is 4.42 Å². The summed E-state index contributed by atoms with van der Waals surface area (Å²) in [5, 5.41) is 22.7. The molecule has 1 aromatic heterocycles. The second-order valence-corrected chi connectivity index (χ2v) is 24.9. The molecule has 0 N–H and O–H groups in total. The van der Waals surface area contributed by atoms with Crippen LogP contribution < -0.4 is 0 Å². The molecule has 0 spiro atoms. The molecule has 0 unspecified atom stereocenters. The lowest BCUT2D eigenvalue weighted by Crippen LogP contribution is -1.93. The summed E-state index contributed by atoms with van der Waals surface area (Å²) in [5.41, 5.74) is 19.1. The Bertz CT molecular complexity index is 6060. The van der Waals surface area contributed by atoms with Crippen LogP contribution in [0.25, 0.3) is 186 Å². The normalized spacial score (nSPS) is 11.6. The molecule has 0 saturated heterocycles. The average molecular weight is 1220 g/mol. The van der Waals surface area contributed by atoms with Crippen LogP contribution in [0.5, 0.6) is 0 Å². The van der Waals surface area contributed by atoms with Crippen LogP contribution in [0.1, 0.15) is 6.92 Å². The second kappa shape index (κ2) is 24.6. The lowest BCUT2D eigenvalue weighted by atomic mass is 9.83. The zero-order valence-corrected chi connectivity index (χ0v) is 53.2. The third-order valence-corrected chi connectivity index (χ3v) is 19.3. The van der Waals surface area contributed by atoms with Gasteiger partial charge in [-0.1, -0.05) is 328 Å². The van der Waals surface area contributed by atoms with E-state index in [9.17, 15) is 0 Å². The molecule has 0 atom stereocenters. The number of rotatable bonds is 8. The average Bonchev–Trinajstić information content (AvgIpc) is 1.25. The van der Waals surface area contributed by atoms with Gasteiger partial charge in [-0.15, -0.1) is 0 Å². The van der Waals surface area contributed by atoms with E-state index in [1.165, 1.54) is 159 Å². The highest BCUT2D eigenvalue weighted by Crippen LogP contribution is 2.50. The molecule has 0 aliphatic heterocycles. The molecule has 1 heteroatoms. The molecular weight excluding hydrogens is 1160 g/mol. The highest BCUT2D eigenvalue weighted by Gasteiger charge is 2.23. The van der Waals surface area contributed by atoms with Gasteiger partial charge in [-0.3, -0.25) is 0 Å². The van der Waals surface area contributed by atoms with Crippen LogP contribution in [0.3, 0.4) is 0 Å². The summed E-state index contributed by atoms with van der Waals surface area (Å²) >= 11 is 0. The first-order chi connectivity index (χ1) is 47.6. The van der Waals surface area contributed by atoms with Crippen molar-refractivity contribution in [2.45, 2.75) is 6.92 Å². The number of furan rings is 1. The minimum Gasteiger partial charge on any atom is -0.455 e. The number of hydrogen-bond donors (Lipinski definition) is 0. The Labute approximate surface area is 558 Å². The van der Waals surface area contributed by atoms with Crippen molar-refractivity contribution in [1.82, 2.24) is 0 Å². The maximum absolute atomic E-state index is 6.55. The van der Waals surface area contributed by atoms with Crippen molar-refractivity contribution >= 4 is 108 Å². The molecule has 18 aromatic carbocycles. The first kappa shape index (κ1) is 57.5. The van der Waals surface area contributed by atoms with Gasteiger partial charge >= 0.3 is 0 Å². The molecular formula is C95H64O. The van der Waals surface area contributed by atoms with Crippen LogP contribution in [-0.4, -0.2) is 0 Å². The molecule has 450 valence electrons. The molecule has 0 aliphatic carbocycles. The smallest absolute Gasteiger partial charge is 0.143 e. The van der Waals surface area contributed by atoms with Crippen molar-refractivity contribution in [3.8, 4) is 77.9 Å². The standard InChI is InChI=1S/C48H30.C42H26O.C5H8/c1-2-12-31(13-3-1)39-18-4-5-19-40(39)48-43-22-8-6-20-41(43)47(42-21-7-9-23-44(42)48)35-17-11-16-34(28-35)38-29-36-26-24-32-14-10-15-33-25-27-37(30-38)46(36)45(32)33;1-2-12-28-25-30(24-23-27(28)11-1)29-13-9-14-31(26-29)40-33-16-3-5-18-35(33)41(36-19-6-4-17-34(36)40)38-21-10-20-37-32-15-7-8-22-39(32)43-42(37)38;1-3-5-4-2/h1-30H;1-26H;3-5H,1H2,2H3/b;;5-4-. The Morgan fingerprint density at radius 1 is 0.240 bits per heavy atom. The molecule has 0 bridgehead atoms. The highest BCUT2D eigenvalue weighted by molar-refractivity contribution is 6.27. The molecule has 0 saturated carbocycles. The van der Waals surface area contributed by atoms with E-state index >= 15 is 0 Å². The van der Waals surface area contributed by atoms with Gasteiger partial charge < -0.3 is 4.42 Å². The van der Waals surface area contributed by atoms with E-state index in [-0.39, 0.29) is 0 Å². The minimum absolute atomic E-state index is 0.917. The predicted octanol–water partition coefficient (Wildman–Crippen LogP) is 27.4. The molecule has 19 rings (SSSR count). The summed E-state index contributed by atoms with van der Waals surface area (Å²) in [5.74, 6) is 0. The first-order valence-corrected chi connectivity index (χ1v) is 33.1. The summed E-state index contributed by atoms with van der Waals surface area (Å²) < 4.78 is 6.55. The monoisotopic (exact) mass is 1220 g/mol. The van der Waals surface area contributed by atoms with Gasteiger partial charge in [-0.05, 0) is 196 Å². The molecule has 96 heavy (non-hydrogen) atoms. The maximum Gasteiger partial charge on any atom is 0.143 e. The SMILES string of the molecule is C=C/C=C\C.c1cc(-c2ccc3ccccc3c2)cc(-c2c3ccccc3c(-c3cccc4c3oc3ccccc34)c3ccccc23)c1.c1ccc(-c2ccccc2-c2c3ccccc3c(-c3cccc(-c4cc5ccc6cccc7ccc(c4)c5c67)c3)c3ccccc23)cc1. The van der Waals surface area contributed by atoms with Crippen molar-refractivity contribution in [1.29, 1.82) is 0 Å². The second-order valence-electron chi connectivity index (χ2n) is 24.9. The Hall–Kier alpha value is -12.4. The summed E-state index contributed by atoms with van der Waals surface area (Å²) in [6.45, 7) is 5.42. The van der Waals surface area contributed by atoms with Crippen molar-refractivity contribution in [3.63, 3.8) is 0 Å². The Balaban J connectivity index is 0.000000136. The fourth-order valence-electron chi connectivity index (χ4n) is 15.1. The topological polar surface area (TPSA) is 13.1 Å². The lowest BCUT2D eigenvalue weighted by molar-refractivity contribution is 0.670. The molecule has 0 aliphatic rings. The fraction of sp³-hybridized carbons (Fsp3) is 0.0105. The third kappa shape index (κ3) is 10.1. The zero-order valence-electron chi connectivity index (χ0n) is 53.2. The number of allylic oxidation sites excluding steroid dienone is 3. The van der Waals surface area contributed by atoms with Crippen molar-refractivity contribution in [3.05, 3.63) is 365 Å². The van der Waals surface area contributed by atoms with E-state index < -0.39 is 0 Å². The van der Waals surface area contributed by atoms with Gasteiger partial charge in [0, 0.05) is 21.9 Å². The van der Waals surface area contributed by atoms with Crippen molar-refractivity contribution in [2.75, 3.05) is 0 Å². The number of benzene rings is 18. The molecule has 0 fully saturated rings. The van der Waals surface area contributed by atoms with E-state index in [1.807, 2.05) is 25.1 Å². The fourth-order valence-corrected chi connectivity index (χ4v) is 15.1. The predicted molar refractivity (Wildman–Crippen MR) is 414 cm³/mol. The van der Waals surface area contributed by atoms with Crippen LogP contribution in [0.4, 0.5) is 0 Å². The molecule has 19 aromatic rings. The van der Waals surface area contributed by atoms with Gasteiger partial charge in [0.25, 0.3) is 0 Å². The van der Waals surface area contributed by atoms with Crippen LogP contribution in [0, 0.1) is 0 Å². The zero-order chi connectivity index (χ0) is 64.1. The van der Waals surface area contributed by atoms with E-state index in [1.54, 1.807) is 6.08 Å². The largest absolute Gasteiger partial charge is 0.455 e.